The maximum absolute atomic E-state index is 11.5. The van der Waals surface area contributed by atoms with Crippen LogP contribution in [0.4, 0.5) is 0 Å². The number of carboxylic acids is 1. The molecule has 5 rings (SSSR count). The molecule has 0 spiro atoms. The van der Waals surface area contributed by atoms with E-state index in [0.29, 0.717) is 24.7 Å². The summed E-state index contributed by atoms with van der Waals surface area (Å²) >= 11 is 0. The Hall–Kier alpha value is -3.81. The van der Waals surface area contributed by atoms with Crippen LogP contribution < -0.4 is 41.3 Å². The van der Waals surface area contributed by atoms with Gasteiger partial charge >= 0.3 is 5.97 Å². The van der Waals surface area contributed by atoms with E-state index in [1.807, 2.05) is 32.1 Å². The van der Waals surface area contributed by atoms with Crippen molar-refractivity contribution < 1.29 is 39.5 Å². The van der Waals surface area contributed by atoms with Crippen LogP contribution in [0.5, 0.6) is 0 Å². The first kappa shape index (κ1) is 34.7. The summed E-state index contributed by atoms with van der Waals surface area (Å²) in [4.78, 5) is 42.6. The second-order valence-electron chi connectivity index (χ2n) is 10.8. The van der Waals surface area contributed by atoms with Crippen LogP contribution in [0.15, 0.2) is 0 Å². The summed E-state index contributed by atoms with van der Waals surface area (Å²) in [5, 5.41) is 12.7. The number of carbonyl (C=O) groups excluding carboxylic acids is 1. The summed E-state index contributed by atoms with van der Waals surface area (Å²) in [6.45, 7) is 13.2. The number of aromatic nitrogens is 4. The van der Waals surface area contributed by atoms with Crippen LogP contribution in [0.2, 0.25) is 0 Å². The van der Waals surface area contributed by atoms with Crippen LogP contribution in [-0.2, 0) is 60.1 Å². The van der Waals surface area contributed by atoms with Crippen molar-refractivity contribution >= 4 is 36.7 Å². The zero-order chi connectivity index (χ0) is 30.1. The summed E-state index contributed by atoms with van der Waals surface area (Å²) in [7, 11) is 0. The average Bonchev–Trinajstić information content (AvgIpc) is 3.61. The van der Waals surface area contributed by atoms with Gasteiger partial charge in [0.2, 0.25) is 0 Å². The van der Waals surface area contributed by atoms with E-state index in [2.05, 4.69) is 33.8 Å². The summed E-state index contributed by atoms with van der Waals surface area (Å²) < 4.78 is 5.05. The average molecular weight is 772 g/mol. The Morgan fingerprint density at radius 3 is 1.73 bits per heavy atom. The molecule has 0 atom stereocenters. The predicted molar refractivity (Wildman–Crippen MR) is 168 cm³/mol. The summed E-state index contributed by atoms with van der Waals surface area (Å²) in [5.74, 6) is -0.860. The fraction of sp³-hybridized carbons (Fsp3) is 0.343. The van der Waals surface area contributed by atoms with Crippen LogP contribution in [-0.4, -0.2) is 24.2 Å². The minimum atomic E-state index is -0.860. The number of nitrogens with zero attached hydrogens (tertiary/aromatic N) is 4. The number of aliphatic carboxylic acids is 1. The Morgan fingerprint density at radius 1 is 0.682 bits per heavy atom. The van der Waals surface area contributed by atoms with Gasteiger partial charge in [-0.1, -0.05) is 82.7 Å². The molecule has 0 amide bonds. The molecule has 0 aliphatic carbocycles. The Morgan fingerprint density at radius 2 is 1.16 bits per heavy atom. The smallest absolute Gasteiger partial charge is 0.303 e. The normalized spacial score (nSPS) is 11.7. The van der Waals surface area contributed by atoms with Gasteiger partial charge in [-0.2, -0.15) is 0 Å². The largest absolute Gasteiger partial charge is 0.657 e. The molecule has 4 aromatic heterocycles. The molecule has 0 aromatic carbocycles. The van der Waals surface area contributed by atoms with E-state index >= 15 is 0 Å². The van der Waals surface area contributed by atoms with Crippen molar-refractivity contribution in [3.05, 3.63) is 96.1 Å². The third-order valence-electron chi connectivity index (χ3n) is 8.48. The van der Waals surface area contributed by atoms with Crippen molar-refractivity contribution in [2.24, 2.45) is 0 Å². The summed E-state index contributed by atoms with van der Waals surface area (Å²) in [5.41, 5.74) is 11.6. The first-order chi connectivity index (χ1) is 20.2. The molecule has 237 valence electrons. The van der Waals surface area contributed by atoms with Crippen molar-refractivity contribution in [1.29, 1.82) is 0 Å². The van der Waals surface area contributed by atoms with Gasteiger partial charge in [0, 0.05) is 32.9 Å². The van der Waals surface area contributed by atoms with Gasteiger partial charge in [-0.25, -0.2) is 0 Å². The van der Waals surface area contributed by atoms with Gasteiger partial charge in [0.1, 0.15) is 0 Å². The number of carboxylic acid groups (broad SMARTS) is 1. The topological polar surface area (TPSA) is 120 Å². The molecule has 0 saturated heterocycles. The second kappa shape index (κ2) is 14.3. The van der Waals surface area contributed by atoms with E-state index in [9.17, 15) is 14.7 Å². The molecule has 5 heterocycles. The van der Waals surface area contributed by atoms with Gasteiger partial charge in [-0.15, -0.1) is 44.2 Å². The van der Waals surface area contributed by atoms with Crippen molar-refractivity contribution in [1.82, 2.24) is 19.9 Å². The molecule has 8 bridgehead atoms. The van der Waals surface area contributed by atoms with E-state index in [1.165, 1.54) is 5.56 Å². The second-order valence-corrected chi connectivity index (χ2v) is 10.8. The van der Waals surface area contributed by atoms with Crippen LogP contribution >= 0.6 is 0 Å². The van der Waals surface area contributed by atoms with E-state index in [-0.39, 0.29) is 40.6 Å². The molecule has 1 aliphatic heterocycles. The predicted octanol–water partition coefficient (Wildman–Crippen LogP) is 1.68. The van der Waals surface area contributed by atoms with Gasteiger partial charge in [0.25, 0.3) is 6.47 Å². The maximum Gasteiger partial charge on any atom is 0.303 e. The van der Waals surface area contributed by atoms with Crippen LogP contribution in [0.25, 0.3) is 24.3 Å². The van der Waals surface area contributed by atoms with Crippen LogP contribution in [0, 0.1) is 35.1 Å². The molecule has 1 N–H and O–H groups in total. The Kier molecular flexibility index (Phi) is 11.3. The minimum Gasteiger partial charge on any atom is -0.657 e. The van der Waals surface area contributed by atoms with Gasteiger partial charge in [0.05, 0.1) is 6.61 Å². The Bertz CT molecular complexity index is 1930. The van der Waals surface area contributed by atoms with Gasteiger partial charge in [0.15, 0.2) is 0 Å². The van der Waals surface area contributed by atoms with E-state index in [4.69, 9.17) is 24.7 Å². The molecule has 44 heavy (non-hydrogen) atoms. The fourth-order valence-electron chi connectivity index (χ4n) is 6.03. The molecule has 4 aromatic rings. The monoisotopic (exact) mass is 772 g/mol. The molecule has 1 radical (unpaired) electrons. The number of rotatable bonds is 9. The van der Waals surface area contributed by atoms with Gasteiger partial charge < -0.3 is 37.2 Å². The first-order valence-electron chi connectivity index (χ1n) is 14.5. The van der Waals surface area contributed by atoms with E-state index < -0.39 is 5.97 Å². The van der Waals surface area contributed by atoms with Crippen molar-refractivity contribution in [2.75, 3.05) is 6.61 Å². The van der Waals surface area contributed by atoms with Crippen LogP contribution in [0.3, 0.4) is 0 Å². The third-order valence-corrected chi connectivity index (χ3v) is 8.48. The quantitative estimate of drug-likeness (QED) is 0.137. The SMILES string of the molecule is CCc1c2[n-]c(c1C)C=c1[n-]c(c(C)c1CC)=Cc1[n-]c(c(CCOC=O)c1C)C=c1[n-]c(c(C)c1CCC(=O)O)=C2.[CH3-].[Ir]. The fourth-order valence-corrected chi connectivity index (χ4v) is 6.03. The third kappa shape index (κ3) is 6.49. The Balaban J connectivity index is 0.00000264. The minimum absolute atomic E-state index is 0. The van der Waals surface area contributed by atoms with Crippen LogP contribution in [0.1, 0.15) is 87.6 Å². The number of carbonyl (C=O) groups is 2. The molecule has 9 heteroatoms. The number of ether oxygens (including phenoxy) is 1. The van der Waals surface area contributed by atoms with Crippen molar-refractivity contribution in [2.45, 2.75) is 73.6 Å². The van der Waals surface area contributed by atoms with Gasteiger partial charge in [-0.3, -0.25) is 9.59 Å². The van der Waals surface area contributed by atoms with E-state index in [1.54, 1.807) is 0 Å². The first-order valence-corrected chi connectivity index (χ1v) is 14.5. The number of hydrogen-bond acceptors (Lipinski definition) is 3. The number of hydrogen-bond donors (Lipinski definition) is 1. The molecule has 1 aliphatic rings. The molecule has 0 saturated carbocycles. The summed E-state index contributed by atoms with van der Waals surface area (Å²) in [6.07, 6.45) is 10.6. The standard InChI is InChI=1S/C34H36N4O4.CH3.Ir/c1-7-22-18(3)26-13-27-21(6)25(11-12-42-17-39)33(37-27)16-32-24(9-10-34(40)41)20(5)29(38-32)15-31-23(8-2)19(4)28(36-31)14-30(22)35-26;;/h13-17H,7-12H2,1-6H3,(H,40,41);1H3;/q-4;-1;. The maximum atomic E-state index is 11.5. The molecule has 0 unspecified atom stereocenters. The molecule has 0 fully saturated rings. The molecule has 8 nitrogen and oxygen atoms in total. The van der Waals surface area contributed by atoms with Crippen molar-refractivity contribution in [3.63, 3.8) is 0 Å². The van der Waals surface area contributed by atoms with E-state index in [0.717, 1.165) is 90.6 Å². The molecular weight excluding hydrogens is 733 g/mol. The zero-order valence-electron chi connectivity index (χ0n) is 26.4. The van der Waals surface area contributed by atoms with Gasteiger partial charge in [-0.05, 0) is 47.0 Å². The Labute approximate surface area is 271 Å². The zero-order valence-corrected chi connectivity index (χ0v) is 28.8. The number of fused-ring (bicyclic) bond motifs is 8. The molecular formula is C35H39IrN4O4-5. The van der Waals surface area contributed by atoms with Crippen molar-refractivity contribution in [3.8, 4) is 0 Å². The summed E-state index contributed by atoms with van der Waals surface area (Å²) in [6, 6.07) is 0.